The molecule has 222 valence electrons. The summed E-state index contributed by atoms with van der Waals surface area (Å²) in [4.78, 5) is 42.9. The molecule has 1 aromatic heterocycles. The first-order valence-corrected chi connectivity index (χ1v) is 13.1. The minimum Gasteiger partial charge on any atom is -0.466 e. The molecule has 10 nitrogen and oxygen atoms in total. The maximum Gasteiger partial charge on any atom is 0.341 e. The zero-order valence-corrected chi connectivity index (χ0v) is 23.7. The molecule has 0 bridgehead atoms. The first-order chi connectivity index (χ1) is 19.4. The number of amides is 3. The van der Waals surface area contributed by atoms with Gasteiger partial charge in [-0.2, -0.15) is 0 Å². The first kappa shape index (κ1) is 31.9. The molecular formula is C28H34ClF2N5O5. The van der Waals surface area contributed by atoms with Crippen LogP contribution < -0.4 is 10.6 Å². The van der Waals surface area contributed by atoms with Crippen LogP contribution in [0.25, 0.3) is 0 Å². The smallest absolute Gasteiger partial charge is 0.341 e. The molecule has 3 amide bonds. The van der Waals surface area contributed by atoms with Gasteiger partial charge in [-0.1, -0.05) is 12.1 Å². The quantitative estimate of drug-likeness (QED) is 0.302. The fourth-order valence-electron chi connectivity index (χ4n) is 5.32. The number of urea groups is 1. The van der Waals surface area contributed by atoms with Crippen molar-refractivity contribution in [3.05, 3.63) is 76.8 Å². The van der Waals surface area contributed by atoms with Gasteiger partial charge in [0.25, 0.3) is 0 Å². The number of hydrogen-bond acceptors (Lipinski definition) is 7. The number of benzene rings is 1. The van der Waals surface area contributed by atoms with Crippen molar-refractivity contribution >= 4 is 30.8 Å². The highest BCUT2D eigenvalue weighted by Crippen LogP contribution is 2.36. The average molecular weight is 594 g/mol. The van der Waals surface area contributed by atoms with Gasteiger partial charge in [-0.3, -0.25) is 14.8 Å². The summed E-state index contributed by atoms with van der Waals surface area (Å²) >= 11 is 0. The molecule has 1 saturated carbocycles. The lowest BCUT2D eigenvalue weighted by Crippen LogP contribution is -2.58. The van der Waals surface area contributed by atoms with Gasteiger partial charge in [0, 0.05) is 37.5 Å². The Hall–Kier alpha value is -3.61. The maximum atomic E-state index is 14.3. The van der Waals surface area contributed by atoms with E-state index in [0.717, 1.165) is 60.6 Å². The van der Waals surface area contributed by atoms with E-state index in [2.05, 4.69) is 15.6 Å². The Kier molecular flexibility index (Phi) is 11.6. The molecule has 2 N–H and O–H groups in total. The minimum atomic E-state index is -1.28. The summed E-state index contributed by atoms with van der Waals surface area (Å²) in [6, 6.07) is 7.18. The van der Waals surface area contributed by atoms with E-state index in [4.69, 9.17) is 9.47 Å². The van der Waals surface area contributed by atoms with E-state index >= 15 is 0 Å². The topological polar surface area (TPSA) is 113 Å². The van der Waals surface area contributed by atoms with Gasteiger partial charge in [0.2, 0.25) is 6.41 Å². The van der Waals surface area contributed by atoms with Crippen LogP contribution in [0.3, 0.4) is 0 Å². The number of methoxy groups -OCH3 is 2. The van der Waals surface area contributed by atoms with Crippen molar-refractivity contribution in [1.82, 2.24) is 25.6 Å². The second-order valence-corrected chi connectivity index (χ2v) is 9.69. The van der Waals surface area contributed by atoms with E-state index in [1.807, 2.05) is 18.2 Å². The Morgan fingerprint density at radius 1 is 1.17 bits per heavy atom. The third-order valence-electron chi connectivity index (χ3n) is 7.27. The van der Waals surface area contributed by atoms with E-state index < -0.39 is 29.7 Å². The number of hydrogen-bond donors (Lipinski definition) is 2. The molecule has 0 spiro atoms. The van der Waals surface area contributed by atoms with Gasteiger partial charge < -0.3 is 20.1 Å². The Morgan fingerprint density at radius 2 is 1.93 bits per heavy atom. The van der Waals surface area contributed by atoms with Gasteiger partial charge >= 0.3 is 12.0 Å². The van der Waals surface area contributed by atoms with Crippen LogP contribution in [0.5, 0.6) is 0 Å². The molecule has 1 aliphatic carbocycles. The van der Waals surface area contributed by atoms with E-state index in [9.17, 15) is 23.2 Å². The van der Waals surface area contributed by atoms with Gasteiger partial charge in [0.05, 0.1) is 31.5 Å². The van der Waals surface area contributed by atoms with Crippen molar-refractivity contribution < 1.29 is 32.6 Å². The lowest BCUT2D eigenvalue weighted by Gasteiger charge is -2.42. The number of ether oxygens (including phenoxy) is 2. The first-order valence-electron chi connectivity index (χ1n) is 13.1. The largest absolute Gasteiger partial charge is 0.466 e. The van der Waals surface area contributed by atoms with Crippen LogP contribution >= 0.6 is 12.4 Å². The number of nitrogens with zero attached hydrogens (tertiary/aromatic N) is 3. The molecule has 4 rings (SSSR count). The van der Waals surface area contributed by atoms with Crippen LogP contribution in [0.4, 0.5) is 13.6 Å². The normalized spacial score (nSPS) is 20.6. The Morgan fingerprint density at radius 3 is 2.54 bits per heavy atom. The van der Waals surface area contributed by atoms with E-state index in [1.165, 1.54) is 13.2 Å². The number of pyridine rings is 1. The van der Waals surface area contributed by atoms with Gasteiger partial charge in [-0.15, -0.1) is 12.4 Å². The number of carbonyl (C=O) groups is 3. The highest BCUT2D eigenvalue weighted by atomic mass is 35.5. The number of halogens is 3. The molecular weight excluding hydrogens is 560 g/mol. The highest BCUT2D eigenvalue weighted by Gasteiger charge is 2.42. The minimum absolute atomic E-state index is 0. The number of esters is 1. The lowest BCUT2D eigenvalue weighted by molar-refractivity contribution is -0.141. The van der Waals surface area contributed by atoms with Crippen molar-refractivity contribution in [1.29, 1.82) is 0 Å². The summed E-state index contributed by atoms with van der Waals surface area (Å²) in [5.74, 6) is -2.67. The monoisotopic (exact) mass is 593 g/mol. The Balaban J connectivity index is 0.00000462. The summed E-state index contributed by atoms with van der Waals surface area (Å²) in [5, 5.41) is 8.15. The molecule has 13 heteroatoms. The molecule has 0 saturated heterocycles. The molecule has 1 aromatic carbocycles. The van der Waals surface area contributed by atoms with Crippen molar-refractivity contribution in [2.45, 2.75) is 43.7 Å². The molecule has 1 fully saturated rings. The van der Waals surface area contributed by atoms with Crippen molar-refractivity contribution in [2.24, 2.45) is 0 Å². The summed E-state index contributed by atoms with van der Waals surface area (Å²) < 4.78 is 38.2. The average Bonchev–Trinajstić information content (AvgIpc) is 2.97. The number of rotatable bonds is 11. The second-order valence-electron chi connectivity index (χ2n) is 9.69. The van der Waals surface area contributed by atoms with Crippen LogP contribution in [0.1, 0.15) is 48.9 Å². The fraction of sp³-hybridized carbons (Fsp3) is 0.429. The molecule has 2 aromatic rings. The van der Waals surface area contributed by atoms with Gasteiger partial charge in [-0.25, -0.2) is 23.4 Å². The van der Waals surface area contributed by atoms with E-state index in [-0.39, 0.29) is 48.4 Å². The number of hydrazine groups is 1. The predicted molar refractivity (Wildman–Crippen MR) is 148 cm³/mol. The van der Waals surface area contributed by atoms with Crippen LogP contribution in [-0.4, -0.2) is 73.4 Å². The molecule has 1 atom stereocenters. The SMILES string of the molecule is COCC1=C(C(=O)OC)C(c2ccc(F)c(F)c2)N(N(C=O)CCNC2CCC(c3ccccn3)CC2)C(=O)N1.Cl. The highest BCUT2D eigenvalue weighted by molar-refractivity contribution is 5.95. The molecule has 1 unspecified atom stereocenters. The molecule has 41 heavy (non-hydrogen) atoms. The predicted octanol–water partition coefficient (Wildman–Crippen LogP) is 3.61. The number of aromatic nitrogens is 1. The van der Waals surface area contributed by atoms with Crippen molar-refractivity contribution in [2.75, 3.05) is 33.9 Å². The van der Waals surface area contributed by atoms with Gasteiger partial charge in [0.1, 0.15) is 6.04 Å². The van der Waals surface area contributed by atoms with E-state index in [1.54, 1.807) is 6.20 Å². The lowest BCUT2D eigenvalue weighted by atomic mass is 9.84. The number of carbonyl (C=O) groups excluding carboxylic acids is 3. The van der Waals surface area contributed by atoms with Crippen LogP contribution in [0.2, 0.25) is 0 Å². The molecule has 1 aliphatic heterocycles. The molecule has 2 heterocycles. The van der Waals surface area contributed by atoms with Crippen LogP contribution in [-0.2, 0) is 19.1 Å². The zero-order chi connectivity index (χ0) is 28.6. The summed E-state index contributed by atoms with van der Waals surface area (Å²) in [6.07, 6.45) is 6.08. The third kappa shape index (κ3) is 7.38. The van der Waals surface area contributed by atoms with Gasteiger partial charge in [-0.05, 0) is 55.5 Å². The van der Waals surface area contributed by atoms with Crippen molar-refractivity contribution in [3.8, 4) is 0 Å². The summed E-state index contributed by atoms with van der Waals surface area (Å²) in [5.41, 5.74) is 1.20. The maximum absolute atomic E-state index is 14.3. The molecule has 0 radical (unpaired) electrons. The Labute approximate surface area is 243 Å². The fourth-order valence-corrected chi connectivity index (χ4v) is 5.32. The van der Waals surface area contributed by atoms with Crippen LogP contribution in [0.15, 0.2) is 53.9 Å². The second kappa shape index (κ2) is 14.9. The van der Waals surface area contributed by atoms with E-state index in [0.29, 0.717) is 18.9 Å². The molecule has 2 aliphatic rings. The van der Waals surface area contributed by atoms with Crippen LogP contribution in [0, 0.1) is 11.6 Å². The summed E-state index contributed by atoms with van der Waals surface area (Å²) in [6.45, 7) is 0.271. The summed E-state index contributed by atoms with van der Waals surface area (Å²) in [7, 11) is 2.53. The third-order valence-corrected chi connectivity index (χ3v) is 7.27. The van der Waals surface area contributed by atoms with Crippen molar-refractivity contribution in [3.63, 3.8) is 0 Å². The Bertz CT molecular complexity index is 1240. The van der Waals surface area contributed by atoms with Gasteiger partial charge in [0.15, 0.2) is 11.6 Å². The zero-order valence-electron chi connectivity index (χ0n) is 22.8. The number of nitrogens with one attached hydrogen (secondary N) is 2. The standard InChI is InChI=1S/C28H33F2N5O5.ClH/c1-39-16-24-25(27(37)40-2)26(19-8-11-21(29)22(30)15-19)35(28(38)33-24)34(17-36)14-13-31-20-9-6-18(7-10-20)23-5-3-4-12-32-23;/h3-5,8,11-12,15,17-18,20,26,31H,6-7,9-10,13-14,16H2,1-2H3,(H,33,38);1H.